The number of ketones is 1. The first-order valence-corrected chi connectivity index (χ1v) is 7.56. The number of benzene rings is 2. The number of carbonyl (C=O) groups excluding carboxylic acids is 2. The molecule has 2 aromatic carbocycles. The Hall–Kier alpha value is -2.42. The van der Waals surface area contributed by atoms with Crippen LogP contribution in [-0.2, 0) is 20.7 Å². The van der Waals surface area contributed by atoms with Crippen LogP contribution in [-0.4, -0.2) is 11.8 Å². The van der Waals surface area contributed by atoms with E-state index < -0.39 is 12.0 Å². The smallest absolute Gasteiger partial charge is 0.317 e. The molecule has 2 atom stereocenters. The van der Waals surface area contributed by atoms with Crippen LogP contribution in [0.4, 0.5) is 0 Å². The van der Waals surface area contributed by atoms with E-state index in [9.17, 15) is 9.59 Å². The highest BCUT2D eigenvalue weighted by molar-refractivity contribution is 6.01. The average Bonchev–Trinajstić information content (AvgIpc) is 2.56. The van der Waals surface area contributed by atoms with Crippen molar-refractivity contribution in [3.05, 3.63) is 71.8 Å². The average molecular weight is 294 g/mol. The predicted molar refractivity (Wildman–Crippen MR) is 83.2 cm³/mol. The lowest BCUT2D eigenvalue weighted by Gasteiger charge is -2.27. The van der Waals surface area contributed by atoms with E-state index in [4.69, 9.17) is 4.74 Å². The molecule has 3 heteroatoms. The second-order valence-corrected chi connectivity index (χ2v) is 5.58. The number of aryl methyl sites for hydroxylation is 1. The summed E-state index contributed by atoms with van der Waals surface area (Å²) >= 11 is 0. The summed E-state index contributed by atoms with van der Waals surface area (Å²) in [6, 6.07) is 19.3. The third-order valence-electron chi connectivity index (χ3n) is 4.05. The van der Waals surface area contributed by atoms with Crippen LogP contribution < -0.4 is 0 Å². The van der Waals surface area contributed by atoms with Gasteiger partial charge in [0.2, 0.25) is 0 Å². The molecular formula is C19H18O3. The first-order valence-electron chi connectivity index (χ1n) is 7.56. The third kappa shape index (κ3) is 3.25. The molecule has 0 N–H and O–H groups in total. The minimum absolute atomic E-state index is 0.0129. The summed E-state index contributed by atoms with van der Waals surface area (Å²) in [5, 5.41) is 0. The fraction of sp³-hybridized carbons (Fsp3) is 0.263. The Bertz CT molecular complexity index is 631. The molecule has 0 aromatic heterocycles. The number of esters is 1. The number of carbonyl (C=O) groups is 2. The summed E-state index contributed by atoms with van der Waals surface area (Å²) < 4.78 is 5.48. The first kappa shape index (κ1) is 14.5. The van der Waals surface area contributed by atoms with Crippen LogP contribution in [0.1, 0.15) is 30.1 Å². The van der Waals surface area contributed by atoms with Gasteiger partial charge in [0.05, 0.1) is 0 Å². The number of cyclic esters (lactones) is 1. The van der Waals surface area contributed by atoms with Gasteiger partial charge in [-0.25, -0.2) is 0 Å². The summed E-state index contributed by atoms with van der Waals surface area (Å²) in [6.45, 7) is 0. The maximum Gasteiger partial charge on any atom is 0.317 e. The zero-order chi connectivity index (χ0) is 15.4. The molecule has 0 aliphatic carbocycles. The molecule has 1 aliphatic heterocycles. The van der Waals surface area contributed by atoms with Crippen molar-refractivity contribution in [3.8, 4) is 0 Å². The maximum atomic E-state index is 12.3. The van der Waals surface area contributed by atoms with Gasteiger partial charge in [-0.05, 0) is 24.0 Å². The molecule has 1 fully saturated rings. The van der Waals surface area contributed by atoms with Crippen LogP contribution in [0.2, 0.25) is 0 Å². The SMILES string of the molecule is O=C1CC(c2ccccc2)OC(=O)C1CCc1ccccc1. The first-order chi connectivity index (χ1) is 10.7. The zero-order valence-corrected chi connectivity index (χ0v) is 12.3. The second kappa shape index (κ2) is 6.56. The molecular weight excluding hydrogens is 276 g/mol. The Morgan fingerprint density at radius 1 is 0.909 bits per heavy atom. The van der Waals surface area contributed by atoms with E-state index in [2.05, 4.69) is 0 Å². The molecule has 3 nitrogen and oxygen atoms in total. The summed E-state index contributed by atoms with van der Waals surface area (Å²) in [4.78, 5) is 24.5. The van der Waals surface area contributed by atoms with E-state index in [1.165, 1.54) is 0 Å². The molecule has 2 aromatic rings. The number of ether oxygens (including phenoxy) is 1. The van der Waals surface area contributed by atoms with Gasteiger partial charge in [-0.1, -0.05) is 60.7 Å². The normalized spacial score (nSPS) is 21.5. The van der Waals surface area contributed by atoms with Crippen molar-refractivity contribution < 1.29 is 14.3 Å². The molecule has 0 radical (unpaired) electrons. The van der Waals surface area contributed by atoms with Crippen molar-refractivity contribution in [2.45, 2.75) is 25.4 Å². The van der Waals surface area contributed by atoms with Crippen molar-refractivity contribution >= 4 is 11.8 Å². The lowest BCUT2D eigenvalue weighted by atomic mass is 9.88. The quantitative estimate of drug-likeness (QED) is 0.640. The van der Waals surface area contributed by atoms with Gasteiger partial charge in [-0.2, -0.15) is 0 Å². The van der Waals surface area contributed by atoms with Crippen LogP contribution in [0.3, 0.4) is 0 Å². The van der Waals surface area contributed by atoms with E-state index in [-0.39, 0.29) is 18.2 Å². The number of hydrogen-bond donors (Lipinski definition) is 0. The maximum absolute atomic E-state index is 12.3. The van der Waals surface area contributed by atoms with Crippen LogP contribution in [0.15, 0.2) is 60.7 Å². The highest BCUT2D eigenvalue weighted by Gasteiger charge is 2.37. The van der Waals surface area contributed by atoms with Crippen molar-refractivity contribution in [2.24, 2.45) is 5.92 Å². The van der Waals surface area contributed by atoms with E-state index in [0.29, 0.717) is 12.8 Å². The Morgan fingerprint density at radius 2 is 1.55 bits per heavy atom. The minimum atomic E-state index is -0.625. The molecule has 0 saturated carbocycles. The van der Waals surface area contributed by atoms with Crippen molar-refractivity contribution in [3.63, 3.8) is 0 Å². The predicted octanol–water partition coefficient (Wildman–Crippen LogP) is 3.49. The summed E-state index contributed by atoms with van der Waals surface area (Å²) in [5.74, 6) is -1.03. The molecule has 0 bridgehead atoms. The lowest BCUT2D eigenvalue weighted by molar-refractivity contribution is -0.165. The van der Waals surface area contributed by atoms with E-state index in [1.807, 2.05) is 60.7 Å². The van der Waals surface area contributed by atoms with Crippen molar-refractivity contribution in [2.75, 3.05) is 0 Å². The molecule has 1 heterocycles. The lowest BCUT2D eigenvalue weighted by Crippen LogP contribution is -2.35. The van der Waals surface area contributed by atoms with Crippen LogP contribution in [0.25, 0.3) is 0 Å². The van der Waals surface area contributed by atoms with Gasteiger partial charge < -0.3 is 4.74 Å². The highest BCUT2D eigenvalue weighted by Crippen LogP contribution is 2.31. The summed E-state index contributed by atoms with van der Waals surface area (Å²) in [6.07, 6.45) is 1.06. The molecule has 0 spiro atoms. The van der Waals surface area contributed by atoms with Gasteiger partial charge in [0.1, 0.15) is 12.0 Å². The monoisotopic (exact) mass is 294 g/mol. The molecule has 0 amide bonds. The fourth-order valence-corrected chi connectivity index (χ4v) is 2.81. The molecule has 2 unspecified atom stereocenters. The van der Waals surface area contributed by atoms with Crippen molar-refractivity contribution in [1.29, 1.82) is 0 Å². The number of rotatable bonds is 4. The van der Waals surface area contributed by atoms with E-state index in [1.54, 1.807) is 0 Å². The molecule has 1 aliphatic rings. The molecule has 112 valence electrons. The largest absolute Gasteiger partial charge is 0.456 e. The van der Waals surface area contributed by atoms with Gasteiger partial charge in [-0.15, -0.1) is 0 Å². The van der Waals surface area contributed by atoms with E-state index >= 15 is 0 Å². The van der Waals surface area contributed by atoms with Crippen molar-refractivity contribution in [1.82, 2.24) is 0 Å². The Kier molecular flexibility index (Phi) is 4.33. The Labute approximate surface area is 129 Å². The van der Waals surface area contributed by atoms with Gasteiger partial charge in [-0.3, -0.25) is 9.59 Å². The Morgan fingerprint density at radius 3 is 2.18 bits per heavy atom. The summed E-state index contributed by atoms with van der Waals surface area (Å²) in [5.41, 5.74) is 2.01. The minimum Gasteiger partial charge on any atom is -0.456 e. The van der Waals surface area contributed by atoms with Gasteiger partial charge in [0, 0.05) is 6.42 Å². The van der Waals surface area contributed by atoms with Crippen LogP contribution in [0, 0.1) is 5.92 Å². The fourth-order valence-electron chi connectivity index (χ4n) is 2.81. The summed E-state index contributed by atoms with van der Waals surface area (Å²) in [7, 11) is 0. The number of Topliss-reactive ketones (excluding diaryl/α,β-unsaturated/α-hetero) is 1. The third-order valence-corrected chi connectivity index (χ3v) is 4.05. The molecule has 3 rings (SSSR count). The van der Waals surface area contributed by atoms with Crippen LogP contribution >= 0.6 is 0 Å². The molecule has 1 saturated heterocycles. The topological polar surface area (TPSA) is 43.4 Å². The number of hydrogen-bond acceptors (Lipinski definition) is 3. The highest BCUT2D eigenvalue weighted by atomic mass is 16.5. The van der Waals surface area contributed by atoms with Gasteiger partial charge in [0.15, 0.2) is 5.78 Å². The zero-order valence-electron chi connectivity index (χ0n) is 12.3. The van der Waals surface area contributed by atoms with E-state index in [0.717, 1.165) is 11.1 Å². The Balaban J connectivity index is 1.64. The second-order valence-electron chi connectivity index (χ2n) is 5.58. The standard InChI is InChI=1S/C19H18O3/c20-17-13-18(15-9-5-2-6-10-15)22-19(21)16(17)12-11-14-7-3-1-4-8-14/h1-10,16,18H,11-13H2. The molecule has 22 heavy (non-hydrogen) atoms. The van der Waals surface area contributed by atoms with Gasteiger partial charge >= 0.3 is 5.97 Å². The van der Waals surface area contributed by atoms with Gasteiger partial charge in [0.25, 0.3) is 0 Å². The van der Waals surface area contributed by atoms with Crippen LogP contribution in [0.5, 0.6) is 0 Å².